The number of rotatable bonds is 3. The molecule has 1 N–H and O–H groups in total. The molecule has 0 aromatic carbocycles. The van der Waals surface area contributed by atoms with Gasteiger partial charge in [-0.05, 0) is 25.8 Å². The van der Waals surface area contributed by atoms with E-state index in [4.69, 9.17) is 0 Å². The zero-order valence-corrected chi connectivity index (χ0v) is 15.0. The van der Waals surface area contributed by atoms with Crippen molar-refractivity contribution in [3.05, 3.63) is 34.0 Å². The molecule has 2 aromatic rings. The molecule has 2 saturated heterocycles. The molecule has 1 amide bonds. The third-order valence-corrected chi connectivity index (χ3v) is 6.28. The van der Waals surface area contributed by atoms with Crippen molar-refractivity contribution in [2.45, 2.75) is 32.2 Å². The first-order valence-corrected chi connectivity index (χ1v) is 9.37. The number of likely N-dealkylation sites (tertiary alicyclic amines) is 1. The first-order valence-electron chi connectivity index (χ1n) is 8.49. The number of thiazole rings is 1. The molecule has 6 nitrogen and oxygen atoms in total. The van der Waals surface area contributed by atoms with E-state index in [2.05, 4.69) is 26.8 Å². The van der Waals surface area contributed by atoms with Crippen molar-refractivity contribution in [2.24, 2.45) is 12.5 Å². The number of aryl methyl sites for hydroxylation is 2. The molecule has 0 radical (unpaired) electrons. The fourth-order valence-corrected chi connectivity index (χ4v) is 4.90. The molecule has 4 heterocycles. The summed E-state index contributed by atoms with van der Waals surface area (Å²) in [4.78, 5) is 20.0. The second kappa shape index (κ2) is 5.97. The molecule has 2 aliphatic rings. The van der Waals surface area contributed by atoms with Gasteiger partial charge in [-0.2, -0.15) is 5.10 Å². The Morgan fingerprint density at radius 3 is 3.08 bits per heavy atom. The highest BCUT2D eigenvalue weighted by Gasteiger charge is 2.53. The van der Waals surface area contributed by atoms with Gasteiger partial charge in [0, 0.05) is 49.9 Å². The number of carbonyl (C=O) groups is 1. The fraction of sp³-hybridized carbons (Fsp3) is 0.588. The average molecular weight is 345 g/mol. The van der Waals surface area contributed by atoms with E-state index in [0.29, 0.717) is 6.54 Å². The van der Waals surface area contributed by atoms with E-state index in [1.807, 2.05) is 29.7 Å². The molecule has 1 spiro atoms. The zero-order valence-electron chi connectivity index (χ0n) is 14.2. The number of aromatic nitrogens is 3. The Kier molecular flexibility index (Phi) is 3.92. The molecule has 0 aliphatic carbocycles. The Morgan fingerprint density at radius 1 is 1.50 bits per heavy atom. The van der Waals surface area contributed by atoms with Crippen LogP contribution in [0.25, 0.3) is 0 Å². The summed E-state index contributed by atoms with van der Waals surface area (Å²) in [7, 11) is 1.96. The molecule has 128 valence electrons. The van der Waals surface area contributed by atoms with Crippen LogP contribution in [0.4, 0.5) is 0 Å². The van der Waals surface area contributed by atoms with Gasteiger partial charge in [0.15, 0.2) is 0 Å². The summed E-state index contributed by atoms with van der Waals surface area (Å²) in [6.45, 7) is 5.06. The summed E-state index contributed by atoms with van der Waals surface area (Å²) in [5.41, 5.74) is 1.82. The number of nitrogens with zero attached hydrogens (tertiary/aromatic N) is 4. The van der Waals surface area contributed by atoms with Crippen LogP contribution in [0.3, 0.4) is 0 Å². The first kappa shape index (κ1) is 15.8. The predicted octanol–water partition coefficient (Wildman–Crippen LogP) is 1.68. The minimum absolute atomic E-state index is 0.192. The van der Waals surface area contributed by atoms with Crippen molar-refractivity contribution in [3.8, 4) is 0 Å². The summed E-state index contributed by atoms with van der Waals surface area (Å²) < 4.78 is 1.91. The third kappa shape index (κ3) is 2.46. The second-order valence-electron chi connectivity index (χ2n) is 6.91. The van der Waals surface area contributed by atoms with Crippen LogP contribution in [-0.2, 0) is 18.4 Å². The van der Waals surface area contributed by atoms with Crippen LogP contribution < -0.4 is 5.32 Å². The summed E-state index contributed by atoms with van der Waals surface area (Å²) in [5.74, 6) is 0.466. The van der Waals surface area contributed by atoms with Crippen LogP contribution in [0.1, 0.15) is 35.2 Å². The van der Waals surface area contributed by atoms with E-state index in [1.54, 1.807) is 11.3 Å². The van der Waals surface area contributed by atoms with Crippen LogP contribution >= 0.6 is 11.3 Å². The van der Waals surface area contributed by atoms with E-state index < -0.39 is 0 Å². The largest absolute Gasteiger partial charge is 0.336 e. The normalized spacial score (nSPS) is 27.3. The molecule has 0 bridgehead atoms. The van der Waals surface area contributed by atoms with Gasteiger partial charge in [0.2, 0.25) is 5.91 Å². The lowest BCUT2D eigenvalue weighted by atomic mass is 9.70. The van der Waals surface area contributed by atoms with Crippen LogP contribution in [-0.4, -0.2) is 45.2 Å². The van der Waals surface area contributed by atoms with Crippen LogP contribution in [0.15, 0.2) is 17.6 Å². The van der Waals surface area contributed by atoms with Gasteiger partial charge in [0.25, 0.3) is 0 Å². The fourth-order valence-electron chi connectivity index (χ4n) is 4.29. The Balaban J connectivity index is 1.62. The van der Waals surface area contributed by atoms with Gasteiger partial charge in [0.05, 0.1) is 22.7 Å². The van der Waals surface area contributed by atoms with Crippen molar-refractivity contribution in [2.75, 3.05) is 19.6 Å². The highest BCUT2D eigenvalue weighted by molar-refractivity contribution is 7.09. The predicted molar refractivity (Wildman–Crippen MR) is 92.8 cm³/mol. The van der Waals surface area contributed by atoms with Crippen molar-refractivity contribution < 1.29 is 4.79 Å². The Hall–Kier alpha value is -1.73. The van der Waals surface area contributed by atoms with Gasteiger partial charge in [-0.1, -0.05) is 0 Å². The Morgan fingerprint density at radius 2 is 2.38 bits per heavy atom. The van der Waals surface area contributed by atoms with Crippen LogP contribution in [0.2, 0.25) is 0 Å². The van der Waals surface area contributed by atoms with Gasteiger partial charge in [-0.3, -0.25) is 9.48 Å². The number of hydrogen-bond donors (Lipinski definition) is 1. The number of carbonyl (C=O) groups excluding carboxylic acids is 1. The molecule has 24 heavy (non-hydrogen) atoms. The molecule has 4 rings (SSSR count). The molecule has 2 aromatic heterocycles. The topological polar surface area (TPSA) is 63.1 Å². The number of amides is 1. The van der Waals surface area contributed by atoms with Crippen LogP contribution in [0.5, 0.6) is 0 Å². The number of hydrogen-bond acceptors (Lipinski definition) is 5. The Bertz CT molecular complexity index is 754. The summed E-state index contributed by atoms with van der Waals surface area (Å²) in [5, 5.41) is 10.9. The minimum Gasteiger partial charge on any atom is -0.336 e. The Labute approximate surface area is 145 Å². The van der Waals surface area contributed by atoms with Crippen molar-refractivity contribution in [1.82, 2.24) is 25.0 Å². The average Bonchev–Trinajstić information content (AvgIpc) is 3.26. The maximum atomic E-state index is 13.4. The van der Waals surface area contributed by atoms with Crippen molar-refractivity contribution in [1.29, 1.82) is 0 Å². The molecular weight excluding hydrogens is 322 g/mol. The maximum absolute atomic E-state index is 13.4. The standard InChI is InChI=1S/C17H23N5OS/c1-12-20-13(10-24-12)9-22-7-3-5-17(16(22)23)11-18-8-14(17)15-4-6-19-21(15)2/h4,6,10,14,18H,3,5,7-9,11H2,1-2H3/t14-,17+/m1/s1. The van der Waals surface area contributed by atoms with E-state index >= 15 is 0 Å². The number of nitrogens with one attached hydrogen (secondary N) is 1. The van der Waals surface area contributed by atoms with E-state index in [0.717, 1.165) is 48.9 Å². The second-order valence-corrected chi connectivity index (χ2v) is 7.97. The smallest absolute Gasteiger partial charge is 0.231 e. The van der Waals surface area contributed by atoms with Gasteiger partial charge >= 0.3 is 0 Å². The summed E-state index contributed by atoms with van der Waals surface area (Å²) in [6, 6.07) is 2.05. The molecule has 2 fully saturated rings. The zero-order chi connectivity index (χ0) is 16.7. The highest BCUT2D eigenvalue weighted by atomic mass is 32.1. The SMILES string of the molecule is Cc1nc(CN2CCC[C@@]3(CNC[C@@H]3c3ccnn3C)C2=O)cs1. The minimum atomic E-state index is -0.336. The van der Waals surface area contributed by atoms with Gasteiger partial charge in [0.1, 0.15) is 0 Å². The lowest BCUT2D eigenvalue weighted by Crippen LogP contribution is -2.51. The lowest BCUT2D eigenvalue weighted by Gasteiger charge is -2.42. The van der Waals surface area contributed by atoms with E-state index in [1.165, 1.54) is 0 Å². The molecule has 2 atom stereocenters. The van der Waals surface area contributed by atoms with Gasteiger partial charge in [-0.15, -0.1) is 11.3 Å². The molecule has 0 unspecified atom stereocenters. The van der Waals surface area contributed by atoms with Gasteiger partial charge in [-0.25, -0.2) is 4.98 Å². The van der Waals surface area contributed by atoms with E-state index in [9.17, 15) is 4.79 Å². The summed E-state index contributed by atoms with van der Waals surface area (Å²) in [6.07, 6.45) is 3.82. The maximum Gasteiger partial charge on any atom is 0.231 e. The highest BCUT2D eigenvalue weighted by Crippen LogP contribution is 2.46. The monoisotopic (exact) mass is 345 g/mol. The van der Waals surface area contributed by atoms with Crippen LogP contribution in [0, 0.1) is 12.3 Å². The molecule has 0 saturated carbocycles. The molecule has 2 aliphatic heterocycles. The molecule has 7 heteroatoms. The summed E-state index contributed by atoms with van der Waals surface area (Å²) >= 11 is 1.65. The van der Waals surface area contributed by atoms with Crippen molar-refractivity contribution >= 4 is 17.2 Å². The third-order valence-electron chi connectivity index (χ3n) is 5.46. The lowest BCUT2D eigenvalue weighted by molar-refractivity contribution is -0.147. The molecular formula is C17H23N5OS. The first-order chi connectivity index (χ1) is 11.6. The van der Waals surface area contributed by atoms with Crippen molar-refractivity contribution in [3.63, 3.8) is 0 Å². The number of piperidine rings is 1. The quantitative estimate of drug-likeness (QED) is 0.919. The van der Waals surface area contributed by atoms with E-state index in [-0.39, 0.29) is 17.2 Å². The van der Waals surface area contributed by atoms with Gasteiger partial charge < -0.3 is 10.2 Å².